The van der Waals surface area contributed by atoms with E-state index < -0.39 is 53.6 Å². The van der Waals surface area contributed by atoms with E-state index in [-0.39, 0.29) is 20.9 Å². The molecule has 13 nitrogen and oxygen atoms in total. The number of thiazole rings is 1. The summed E-state index contributed by atoms with van der Waals surface area (Å²) in [7, 11) is 0. The maximum atomic E-state index is 13.5. The van der Waals surface area contributed by atoms with Gasteiger partial charge in [-0.25, -0.2) is 14.6 Å². The number of carbonyl (C=O) groups excluding carboxylic acids is 4. The van der Waals surface area contributed by atoms with Gasteiger partial charge in [0.1, 0.15) is 27.1 Å². The van der Waals surface area contributed by atoms with Crippen LogP contribution in [0.4, 0.5) is 5.13 Å². The zero-order valence-corrected chi connectivity index (χ0v) is 27.0. The molecule has 2 aliphatic rings. The van der Waals surface area contributed by atoms with Gasteiger partial charge in [-0.1, -0.05) is 88.8 Å². The maximum Gasteiger partial charge on any atom is 0.353 e. The summed E-state index contributed by atoms with van der Waals surface area (Å²) in [5.41, 5.74) is 0.658. The number of hydrogen-bond acceptors (Lipinski definition) is 12. The van der Waals surface area contributed by atoms with Crippen molar-refractivity contribution in [2.45, 2.75) is 17.5 Å². The summed E-state index contributed by atoms with van der Waals surface area (Å²) < 4.78 is 5.68. The largest absolute Gasteiger partial charge is 0.477 e. The summed E-state index contributed by atoms with van der Waals surface area (Å²) in [6.45, 7) is -0.701. The lowest BCUT2D eigenvalue weighted by atomic mass is 10.0. The Morgan fingerprint density at radius 3 is 2.41 bits per heavy atom. The van der Waals surface area contributed by atoms with Crippen LogP contribution in [0.2, 0.25) is 4.34 Å². The molecule has 17 heteroatoms. The molecule has 2 aliphatic heterocycles. The highest BCUT2D eigenvalue weighted by atomic mass is 35.5. The number of carbonyl (C=O) groups is 5. The first-order valence-electron chi connectivity index (χ1n) is 13.4. The van der Waals surface area contributed by atoms with E-state index in [1.807, 2.05) is 60.7 Å². The second-order valence-corrected chi connectivity index (χ2v) is 13.1. The van der Waals surface area contributed by atoms with Gasteiger partial charge in [-0.3, -0.25) is 19.3 Å². The minimum absolute atomic E-state index is 0.0352. The highest BCUT2D eigenvalue weighted by Crippen LogP contribution is 2.43. The number of benzene rings is 2. The van der Waals surface area contributed by atoms with Gasteiger partial charge in [0.05, 0.1) is 0 Å². The highest BCUT2D eigenvalue weighted by molar-refractivity contribution is 8.05. The van der Waals surface area contributed by atoms with Crippen molar-refractivity contribution in [2.24, 2.45) is 5.16 Å². The average Bonchev–Trinajstić information content (AvgIpc) is 3.43. The average molecular weight is 702 g/mol. The van der Waals surface area contributed by atoms with Gasteiger partial charge in [0.2, 0.25) is 13.0 Å². The molecule has 3 aromatic rings. The smallest absolute Gasteiger partial charge is 0.353 e. The number of nitrogens with zero attached hydrogens (tertiary/aromatic N) is 3. The Hall–Kier alpha value is -4.38. The predicted molar refractivity (Wildman–Crippen MR) is 173 cm³/mol. The second kappa shape index (κ2) is 14.8. The third-order valence-corrected chi connectivity index (χ3v) is 10.1. The van der Waals surface area contributed by atoms with E-state index in [0.717, 1.165) is 27.4 Å². The Morgan fingerprint density at radius 2 is 1.83 bits per heavy atom. The number of esters is 1. The highest BCUT2D eigenvalue weighted by Gasteiger charge is 2.54. The molecule has 0 spiro atoms. The van der Waals surface area contributed by atoms with Gasteiger partial charge < -0.3 is 25.3 Å². The van der Waals surface area contributed by atoms with Crippen LogP contribution in [0.1, 0.15) is 22.9 Å². The molecule has 5 rings (SSSR count). The fourth-order valence-corrected chi connectivity index (χ4v) is 7.86. The molecule has 0 aliphatic carbocycles. The lowest BCUT2D eigenvalue weighted by Crippen LogP contribution is -2.71. The van der Waals surface area contributed by atoms with Crippen LogP contribution in [0.15, 0.2) is 76.4 Å². The lowest BCUT2D eigenvalue weighted by molar-refractivity contribution is -0.153. The molecular formula is C29H24ClN5O8S3. The number of carboxylic acid groups (broad SMARTS) is 1. The number of oxime groups is 1. The monoisotopic (exact) mass is 701 g/mol. The number of anilines is 1. The summed E-state index contributed by atoms with van der Waals surface area (Å²) in [4.78, 5) is 73.3. The van der Waals surface area contributed by atoms with Gasteiger partial charge >= 0.3 is 11.9 Å². The fourth-order valence-electron chi connectivity index (χ4n) is 4.61. The zero-order valence-electron chi connectivity index (χ0n) is 23.7. The SMILES string of the molecule is CSC1=C(C(=O)O)N2C(=O)C(NC(=O)C(=NOCC(=O)OC(c3ccccc3)c3ccccc3)c3nc(NC=O)sc3Cl)[C@@H]2SC1. The minimum Gasteiger partial charge on any atom is -0.477 e. The molecule has 3 heterocycles. The Kier molecular flexibility index (Phi) is 10.6. The number of halogens is 1. The van der Waals surface area contributed by atoms with Crippen molar-refractivity contribution in [3.8, 4) is 0 Å². The van der Waals surface area contributed by atoms with Crippen LogP contribution < -0.4 is 10.6 Å². The van der Waals surface area contributed by atoms with E-state index in [4.69, 9.17) is 21.2 Å². The predicted octanol–water partition coefficient (Wildman–Crippen LogP) is 3.48. The molecule has 0 bridgehead atoms. The molecule has 46 heavy (non-hydrogen) atoms. The van der Waals surface area contributed by atoms with Crippen molar-refractivity contribution in [1.29, 1.82) is 0 Å². The van der Waals surface area contributed by atoms with Crippen molar-refractivity contribution in [2.75, 3.05) is 23.9 Å². The number of thioether (sulfide) groups is 2. The topological polar surface area (TPSA) is 177 Å². The van der Waals surface area contributed by atoms with Gasteiger partial charge in [0.25, 0.3) is 11.8 Å². The van der Waals surface area contributed by atoms with E-state index in [0.29, 0.717) is 17.1 Å². The third-order valence-electron chi connectivity index (χ3n) is 6.67. The van der Waals surface area contributed by atoms with Gasteiger partial charge in [0, 0.05) is 10.7 Å². The molecule has 238 valence electrons. The van der Waals surface area contributed by atoms with Gasteiger partial charge in [-0.15, -0.1) is 23.5 Å². The third kappa shape index (κ3) is 7.04. The van der Waals surface area contributed by atoms with Crippen LogP contribution in [0.5, 0.6) is 0 Å². The summed E-state index contributed by atoms with van der Waals surface area (Å²) in [6.07, 6.45) is 1.35. The number of β-lactam (4-membered cyclic amide) rings is 1. The number of nitrogens with one attached hydrogen (secondary N) is 2. The Balaban J connectivity index is 1.34. The summed E-state index contributed by atoms with van der Waals surface area (Å²) in [5, 5.41) is 17.8. The Morgan fingerprint density at radius 1 is 1.17 bits per heavy atom. The van der Waals surface area contributed by atoms with Crippen LogP contribution >= 0.6 is 46.5 Å². The molecule has 0 saturated carbocycles. The second-order valence-electron chi connectivity index (χ2n) is 9.45. The number of ether oxygens (including phenoxy) is 1. The van der Waals surface area contributed by atoms with Crippen molar-refractivity contribution >= 4 is 87.5 Å². The van der Waals surface area contributed by atoms with Crippen LogP contribution in [-0.2, 0) is 33.5 Å². The summed E-state index contributed by atoms with van der Waals surface area (Å²) in [5.74, 6) is -3.27. The molecule has 1 fully saturated rings. The first kappa shape index (κ1) is 33.0. The van der Waals surface area contributed by atoms with E-state index in [1.165, 1.54) is 23.5 Å². The number of fused-ring (bicyclic) bond motifs is 1. The normalized spacial score (nSPS) is 17.6. The molecule has 2 atom stereocenters. The van der Waals surface area contributed by atoms with Gasteiger partial charge in [-0.05, 0) is 17.4 Å². The molecule has 1 aromatic heterocycles. The zero-order chi connectivity index (χ0) is 32.8. The van der Waals surface area contributed by atoms with Gasteiger partial charge in [0.15, 0.2) is 16.9 Å². The minimum atomic E-state index is -1.25. The summed E-state index contributed by atoms with van der Waals surface area (Å²) >= 11 is 9.68. The molecule has 1 unspecified atom stereocenters. The standard InChI is InChI=1S/C29H24ClN5O8S3/c1-44-17-13-45-27-21(26(39)35(27)22(17)28(40)41)32-25(38)20(19-24(30)46-29(33-19)31-14-36)34-42-12-18(37)43-23(15-8-4-2-5-9-15)16-10-6-3-7-11-16/h2-11,14,21,23,27H,12-13H2,1H3,(H,32,38)(H,40,41)(H,31,33,36)/t21?,27-/m0/s1. The number of hydrogen-bond donors (Lipinski definition) is 3. The Bertz CT molecular complexity index is 1680. The number of aliphatic carboxylic acids is 1. The van der Waals surface area contributed by atoms with Crippen molar-refractivity contribution in [1.82, 2.24) is 15.2 Å². The molecule has 0 radical (unpaired) electrons. The quantitative estimate of drug-likeness (QED) is 0.0782. The molecule has 1 saturated heterocycles. The van der Waals surface area contributed by atoms with Crippen molar-refractivity contribution in [3.63, 3.8) is 0 Å². The van der Waals surface area contributed by atoms with Crippen LogP contribution in [0, 0.1) is 0 Å². The molecule has 3 amide bonds. The number of carboxylic acids is 1. The lowest BCUT2D eigenvalue weighted by Gasteiger charge is -2.49. The molecule has 3 N–H and O–H groups in total. The van der Waals surface area contributed by atoms with Gasteiger partial charge in [-0.2, -0.15) is 0 Å². The van der Waals surface area contributed by atoms with Crippen LogP contribution in [0.25, 0.3) is 0 Å². The first-order chi connectivity index (χ1) is 22.2. The number of aromatic nitrogens is 1. The van der Waals surface area contributed by atoms with E-state index >= 15 is 0 Å². The molecule has 2 aromatic carbocycles. The number of amides is 3. The van der Waals surface area contributed by atoms with Crippen molar-refractivity contribution < 1.29 is 38.7 Å². The maximum absolute atomic E-state index is 13.5. The summed E-state index contributed by atoms with van der Waals surface area (Å²) in [6, 6.07) is 17.1. The first-order valence-corrected chi connectivity index (χ1v) is 16.8. The number of rotatable bonds is 13. The van der Waals surface area contributed by atoms with Crippen LogP contribution in [-0.4, -0.2) is 80.9 Å². The van der Waals surface area contributed by atoms with E-state index in [2.05, 4.69) is 20.8 Å². The van der Waals surface area contributed by atoms with E-state index in [9.17, 15) is 29.1 Å². The fraction of sp³-hybridized carbons (Fsp3) is 0.207. The van der Waals surface area contributed by atoms with Crippen LogP contribution in [0.3, 0.4) is 0 Å². The molecular weight excluding hydrogens is 678 g/mol. The van der Waals surface area contributed by atoms with Crippen molar-refractivity contribution in [3.05, 3.63) is 92.4 Å². The van der Waals surface area contributed by atoms with E-state index in [1.54, 1.807) is 6.26 Å². The Labute approximate surface area is 279 Å².